The summed E-state index contributed by atoms with van der Waals surface area (Å²) in [5, 5.41) is -6.04. The largest absolute Gasteiger partial charge is 0.494 e. The Kier molecular flexibility index (Phi) is 9.23. The third-order valence-corrected chi connectivity index (χ3v) is 6.25. The van der Waals surface area contributed by atoms with E-state index in [0.29, 0.717) is 23.5 Å². The Labute approximate surface area is 204 Å². The molecule has 0 bridgehead atoms. The molecule has 0 radical (unpaired) electrons. The first-order valence-electron chi connectivity index (χ1n) is 10.5. The Hall–Kier alpha value is -2.18. The molecule has 0 atom stereocenters. The molecule has 1 nitrogen and oxygen atoms in total. The summed E-state index contributed by atoms with van der Waals surface area (Å²) in [6, 6.07) is 11.9. The Morgan fingerprint density at radius 1 is 0.667 bits per heavy atom. The maximum atomic E-state index is 13.9. The van der Waals surface area contributed by atoms with Gasteiger partial charge < -0.3 is 4.74 Å². The summed E-state index contributed by atoms with van der Waals surface area (Å²) >= 11 is -1.23. The van der Waals surface area contributed by atoms with Gasteiger partial charge in [0.2, 0.25) is 0 Å². The van der Waals surface area contributed by atoms with E-state index in [1.54, 1.807) is 24.3 Å². The van der Waals surface area contributed by atoms with Gasteiger partial charge in [0.05, 0.1) is 6.61 Å². The van der Waals surface area contributed by atoms with Crippen molar-refractivity contribution in [3.8, 4) is 16.9 Å². The van der Waals surface area contributed by atoms with Gasteiger partial charge in [0, 0.05) is 5.75 Å². The van der Waals surface area contributed by atoms with E-state index in [1.807, 2.05) is 0 Å². The fourth-order valence-corrected chi connectivity index (χ4v) is 3.92. The van der Waals surface area contributed by atoms with Crippen LogP contribution in [-0.2, 0) is 5.75 Å². The first-order valence-corrected chi connectivity index (χ1v) is 11.5. The van der Waals surface area contributed by atoms with Crippen LogP contribution in [0.1, 0.15) is 31.7 Å². The lowest BCUT2D eigenvalue weighted by molar-refractivity contribution is -0.415. The first-order chi connectivity index (χ1) is 16.5. The molecule has 0 aromatic heterocycles. The second-order valence-corrected chi connectivity index (χ2v) is 8.90. The first kappa shape index (κ1) is 30.0. The molecular formula is C23H21F11OS. The fourth-order valence-electron chi connectivity index (χ4n) is 3.06. The average molecular weight is 554 g/mol. The SMILES string of the molecule is CCCCCOc1ccc(-c2ccc(CSC(F)(F)C(F)(F)C(F)(C(F)(F)F)C(F)(F)F)cc2)cc1. The van der Waals surface area contributed by atoms with Crippen molar-refractivity contribution in [3.63, 3.8) is 0 Å². The van der Waals surface area contributed by atoms with Crippen LogP contribution in [0.5, 0.6) is 5.75 Å². The molecule has 0 fully saturated rings. The molecule has 2 aromatic carbocycles. The number of alkyl halides is 11. The smallest absolute Gasteiger partial charge is 0.438 e. The topological polar surface area (TPSA) is 9.23 Å². The van der Waals surface area contributed by atoms with Gasteiger partial charge in [-0.3, -0.25) is 0 Å². The van der Waals surface area contributed by atoms with Crippen LogP contribution in [0.2, 0.25) is 0 Å². The molecule has 13 heteroatoms. The molecule has 0 amide bonds. The van der Waals surface area contributed by atoms with Crippen LogP contribution in [0, 0.1) is 0 Å². The van der Waals surface area contributed by atoms with E-state index in [0.717, 1.165) is 19.3 Å². The second-order valence-electron chi connectivity index (χ2n) is 7.81. The number of rotatable bonds is 11. The van der Waals surface area contributed by atoms with E-state index >= 15 is 0 Å². The Balaban J connectivity index is 2.11. The molecule has 0 aliphatic heterocycles. The molecule has 0 spiro atoms. The van der Waals surface area contributed by atoms with Crippen molar-refractivity contribution in [1.29, 1.82) is 0 Å². The molecule has 202 valence electrons. The van der Waals surface area contributed by atoms with Gasteiger partial charge >= 0.3 is 29.2 Å². The van der Waals surface area contributed by atoms with Gasteiger partial charge in [0.25, 0.3) is 0 Å². The number of hydrogen-bond acceptors (Lipinski definition) is 2. The number of halogens is 11. The molecule has 0 unspecified atom stereocenters. The fraction of sp³-hybridized carbons (Fsp3) is 0.478. The van der Waals surface area contributed by atoms with Crippen LogP contribution in [0.25, 0.3) is 11.1 Å². The summed E-state index contributed by atoms with van der Waals surface area (Å²) < 4.78 is 150. The highest BCUT2D eigenvalue weighted by molar-refractivity contribution is 7.99. The number of hydrogen-bond donors (Lipinski definition) is 0. The Bertz CT molecular complexity index is 954. The highest BCUT2D eigenvalue weighted by atomic mass is 32.2. The van der Waals surface area contributed by atoms with Gasteiger partial charge in [-0.2, -0.15) is 43.9 Å². The molecule has 0 saturated carbocycles. The van der Waals surface area contributed by atoms with Crippen LogP contribution < -0.4 is 4.74 Å². The molecule has 0 aliphatic carbocycles. The van der Waals surface area contributed by atoms with Gasteiger partial charge in [0.1, 0.15) is 5.75 Å². The summed E-state index contributed by atoms with van der Waals surface area (Å²) in [5.41, 5.74) is -6.32. The van der Waals surface area contributed by atoms with Crippen molar-refractivity contribution in [2.24, 2.45) is 0 Å². The van der Waals surface area contributed by atoms with E-state index in [-0.39, 0.29) is 5.56 Å². The quantitative estimate of drug-likeness (QED) is 0.202. The van der Waals surface area contributed by atoms with Crippen LogP contribution in [0.15, 0.2) is 48.5 Å². The number of unbranched alkanes of at least 4 members (excludes halogenated alkanes) is 2. The predicted molar refractivity (Wildman–Crippen MR) is 114 cm³/mol. The lowest BCUT2D eigenvalue weighted by Crippen LogP contribution is -2.69. The van der Waals surface area contributed by atoms with Crippen LogP contribution in [0.3, 0.4) is 0 Å². The highest BCUT2D eigenvalue weighted by Crippen LogP contribution is 2.61. The third kappa shape index (κ3) is 6.20. The number of thioether (sulfide) groups is 1. The second kappa shape index (κ2) is 11.1. The van der Waals surface area contributed by atoms with Gasteiger partial charge in [-0.15, -0.1) is 0 Å². The maximum Gasteiger partial charge on any atom is 0.438 e. The van der Waals surface area contributed by atoms with E-state index < -0.39 is 46.7 Å². The van der Waals surface area contributed by atoms with Crippen molar-refractivity contribution in [1.82, 2.24) is 0 Å². The van der Waals surface area contributed by atoms with E-state index in [9.17, 15) is 48.3 Å². The minimum absolute atomic E-state index is 0.112. The zero-order chi connectivity index (χ0) is 27.4. The monoisotopic (exact) mass is 554 g/mol. The lowest BCUT2D eigenvalue weighted by atomic mass is 9.96. The molecule has 2 aromatic rings. The Morgan fingerprint density at radius 2 is 1.14 bits per heavy atom. The van der Waals surface area contributed by atoms with Crippen molar-refractivity contribution < 1.29 is 53.0 Å². The van der Waals surface area contributed by atoms with Crippen LogP contribution in [-0.4, -0.2) is 35.8 Å². The molecule has 0 heterocycles. The molecule has 2 rings (SSSR count). The minimum atomic E-state index is -7.45. The summed E-state index contributed by atoms with van der Waals surface area (Å²) in [6.07, 6.45) is -11.7. The van der Waals surface area contributed by atoms with Gasteiger partial charge in [-0.05, 0) is 35.2 Å². The molecule has 0 N–H and O–H groups in total. The van der Waals surface area contributed by atoms with Gasteiger partial charge in [0.15, 0.2) is 0 Å². The molecule has 0 aliphatic rings. The zero-order valence-electron chi connectivity index (χ0n) is 18.6. The van der Waals surface area contributed by atoms with E-state index in [2.05, 4.69) is 6.92 Å². The predicted octanol–water partition coefficient (Wildman–Crippen LogP) is 9.22. The molecular weight excluding hydrogens is 533 g/mol. The highest BCUT2D eigenvalue weighted by Gasteiger charge is 2.90. The summed E-state index contributed by atoms with van der Waals surface area (Å²) in [6.45, 7) is 2.59. The van der Waals surface area contributed by atoms with Crippen molar-refractivity contribution in [2.45, 2.75) is 61.1 Å². The van der Waals surface area contributed by atoms with Gasteiger partial charge in [-0.25, -0.2) is 4.39 Å². The van der Waals surface area contributed by atoms with Crippen LogP contribution in [0.4, 0.5) is 48.3 Å². The number of ether oxygens (including phenoxy) is 1. The third-order valence-electron chi connectivity index (χ3n) is 5.16. The maximum absolute atomic E-state index is 13.9. The number of benzene rings is 2. The summed E-state index contributed by atoms with van der Waals surface area (Å²) in [7, 11) is 0. The summed E-state index contributed by atoms with van der Waals surface area (Å²) in [5.74, 6) is -7.63. The van der Waals surface area contributed by atoms with Gasteiger partial charge in [-0.1, -0.05) is 67.9 Å². The van der Waals surface area contributed by atoms with Crippen molar-refractivity contribution in [3.05, 3.63) is 54.1 Å². The normalized spacial score (nSPS) is 13.7. The van der Waals surface area contributed by atoms with Crippen LogP contribution >= 0.6 is 11.8 Å². The zero-order valence-corrected chi connectivity index (χ0v) is 19.4. The lowest BCUT2D eigenvalue weighted by Gasteiger charge is -2.39. The standard InChI is InChI=1S/C23H21F11OS/c1-2-3-4-13-35-18-11-9-17(10-12-18)16-7-5-15(6-8-16)14-36-23(33,34)20(25,26)19(24,21(27,28)29)22(30,31)32/h5-12H,2-4,13-14H2,1H3. The minimum Gasteiger partial charge on any atom is -0.494 e. The average Bonchev–Trinajstić information content (AvgIpc) is 2.79. The molecule has 36 heavy (non-hydrogen) atoms. The van der Waals surface area contributed by atoms with E-state index in [1.165, 1.54) is 24.3 Å². The summed E-state index contributed by atoms with van der Waals surface area (Å²) in [4.78, 5) is 0. The van der Waals surface area contributed by atoms with E-state index in [4.69, 9.17) is 4.74 Å². The van der Waals surface area contributed by atoms with Crippen molar-refractivity contribution >= 4 is 11.8 Å². The van der Waals surface area contributed by atoms with Crippen molar-refractivity contribution in [2.75, 3.05) is 6.61 Å². The molecule has 0 saturated heterocycles. The Morgan fingerprint density at radius 3 is 1.58 bits per heavy atom.